The van der Waals surface area contributed by atoms with E-state index in [0.717, 1.165) is 44.2 Å². The van der Waals surface area contributed by atoms with Crippen LogP contribution in [0.1, 0.15) is 22.6 Å². The van der Waals surface area contributed by atoms with Gasteiger partial charge in [-0.25, -0.2) is 0 Å². The quantitative estimate of drug-likeness (QED) is 0.295. The fourth-order valence-corrected chi connectivity index (χ4v) is 3.97. The van der Waals surface area contributed by atoms with Crippen molar-refractivity contribution < 1.29 is 10.2 Å². The molecule has 0 aliphatic carbocycles. The third-order valence-corrected chi connectivity index (χ3v) is 5.29. The van der Waals surface area contributed by atoms with Gasteiger partial charge in [-0.05, 0) is 53.1 Å². The van der Waals surface area contributed by atoms with E-state index in [1.54, 1.807) is 24.3 Å². The SMILES string of the molecule is Nc1ccc(C(c2c[nH]c3cc(O)ccc23)c2c[nH]c3cc(O)ccc23)cc1. The number of anilines is 1. The Morgan fingerprint density at radius 1 is 0.679 bits per heavy atom. The van der Waals surface area contributed by atoms with Crippen molar-refractivity contribution in [1.29, 1.82) is 0 Å². The Balaban J connectivity index is 1.78. The summed E-state index contributed by atoms with van der Waals surface area (Å²) in [5, 5.41) is 21.7. The molecule has 5 aromatic rings. The van der Waals surface area contributed by atoms with E-state index in [-0.39, 0.29) is 17.4 Å². The Bertz CT molecular complexity index is 1220. The van der Waals surface area contributed by atoms with Crippen LogP contribution in [0, 0.1) is 0 Å². The van der Waals surface area contributed by atoms with E-state index in [4.69, 9.17) is 5.73 Å². The minimum Gasteiger partial charge on any atom is -0.508 e. The van der Waals surface area contributed by atoms with Crippen molar-refractivity contribution in [3.63, 3.8) is 0 Å². The molecule has 5 nitrogen and oxygen atoms in total. The zero-order chi connectivity index (χ0) is 19.3. The molecule has 5 rings (SSSR count). The Kier molecular flexibility index (Phi) is 3.55. The first-order chi connectivity index (χ1) is 13.6. The molecule has 0 aliphatic heterocycles. The van der Waals surface area contributed by atoms with Crippen LogP contribution >= 0.6 is 0 Å². The molecular weight excluding hydrogens is 350 g/mol. The van der Waals surface area contributed by atoms with Crippen molar-refractivity contribution in [2.75, 3.05) is 5.73 Å². The van der Waals surface area contributed by atoms with Gasteiger partial charge < -0.3 is 25.9 Å². The van der Waals surface area contributed by atoms with Crippen LogP contribution in [0.4, 0.5) is 5.69 Å². The fraction of sp³-hybridized carbons (Fsp3) is 0.0435. The molecule has 0 unspecified atom stereocenters. The van der Waals surface area contributed by atoms with Gasteiger partial charge in [0.2, 0.25) is 0 Å². The van der Waals surface area contributed by atoms with Crippen molar-refractivity contribution >= 4 is 27.5 Å². The number of phenols is 2. The first kappa shape index (κ1) is 16.3. The maximum Gasteiger partial charge on any atom is 0.117 e. The number of benzene rings is 3. The summed E-state index contributed by atoms with van der Waals surface area (Å²) < 4.78 is 0. The van der Waals surface area contributed by atoms with Crippen LogP contribution in [0.2, 0.25) is 0 Å². The van der Waals surface area contributed by atoms with Crippen LogP contribution < -0.4 is 5.73 Å². The van der Waals surface area contributed by atoms with Crippen molar-refractivity contribution in [3.05, 3.63) is 89.7 Å². The molecule has 3 aromatic carbocycles. The Morgan fingerprint density at radius 2 is 1.18 bits per heavy atom. The second kappa shape index (κ2) is 6.09. The van der Waals surface area contributed by atoms with E-state index >= 15 is 0 Å². The zero-order valence-electron chi connectivity index (χ0n) is 15.0. The summed E-state index contributed by atoms with van der Waals surface area (Å²) in [6.45, 7) is 0. The summed E-state index contributed by atoms with van der Waals surface area (Å²) in [4.78, 5) is 6.55. The number of hydrogen-bond acceptors (Lipinski definition) is 3. The van der Waals surface area contributed by atoms with Gasteiger partial charge in [0.1, 0.15) is 11.5 Å². The smallest absolute Gasteiger partial charge is 0.117 e. The second-order valence-electron chi connectivity index (χ2n) is 7.05. The summed E-state index contributed by atoms with van der Waals surface area (Å²) in [6, 6.07) is 18.6. The van der Waals surface area contributed by atoms with Gasteiger partial charge in [0.25, 0.3) is 0 Å². The fourth-order valence-electron chi connectivity index (χ4n) is 3.97. The Morgan fingerprint density at radius 3 is 1.68 bits per heavy atom. The summed E-state index contributed by atoms with van der Waals surface area (Å²) in [5.41, 5.74) is 11.7. The van der Waals surface area contributed by atoms with Crippen LogP contribution in [0.15, 0.2) is 73.1 Å². The lowest BCUT2D eigenvalue weighted by atomic mass is 9.84. The largest absolute Gasteiger partial charge is 0.508 e. The summed E-state index contributed by atoms with van der Waals surface area (Å²) in [5.74, 6) is 0.414. The number of nitrogen functional groups attached to an aromatic ring is 1. The molecule has 0 spiro atoms. The third kappa shape index (κ3) is 2.56. The molecule has 0 amide bonds. The van der Waals surface area contributed by atoms with Gasteiger partial charge in [-0.2, -0.15) is 0 Å². The molecule has 0 saturated carbocycles. The summed E-state index contributed by atoms with van der Waals surface area (Å²) >= 11 is 0. The topological polar surface area (TPSA) is 98.1 Å². The van der Waals surface area contributed by atoms with Crippen LogP contribution in [0.3, 0.4) is 0 Å². The Hall–Kier alpha value is -3.86. The first-order valence-corrected chi connectivity index (χ1v) is 9.05. The highest BCUT2D eigenvalue weighted by Gasteiger charge is 2.23. The van der Waals surface area contributed by atoms with E-state index in [0.29, 0.717) is 0 Å². The number of nitrogens with one attached hydrogen (secondary N) is 2. The number of H-pyrrole nitrogens is 2. The number of aromatic amines is 2. The van der Waals surface area contributed by atoms with E-state index in [2.05, 4.69) is 9.97 Å². The molecule has 2 heterocycles. The molecule has 0 radical (unpaired) electrons. The molecular formula is C23H19N3O2. The molecule has 138 valence electrons. The molecule has 5 heteroatoms. The highest BCUT2D eigenvalue weighted by atomic mass is 16.3. The minimum atomic E-state index is -0.0443. The number of hydrogen-bond donors (Lipinski definition) is 5. The molecule has 0 atom stereocenters. The van der Waals surface area contributed by atoms with Crippen molar-refractivity contribution in [2.24, 2.45) is 0 Å². The van der Waals surface area contributed by atoms with Gasteiger partial charge in [-0.1, -0.05) is 12.1 Å². The number of aromatic nitrogens is 2. The van der Waals surface area contributed by atoms with Gasteiger partial charge in [0.15, 0.2) is 0 Å². The monoisotopic (exact) mass is 369 g/mol. The predicted molar refractivity (Wildman–Crippen MR) is 112 cm³/mol. The second-order valence-corrected chi connectivity index (χ2v) is 7.05. The lowest BCUT2D eigenvalue weighted by Crippen LogP contribution is -2.02. The maximum absolute atomic E-state index is 9.81. The summed E-state index contributed by atoms with van der Waals surface area (Å²) in [6.07, 6.45) is 3.98. The zero-order valence-corrected chi connectivity index (χ0v) is 15.0. The highest BCUT2D eigenvalue weighted by molar-refractivity contribution is 5.90. The normalized spacial score (nSPS) is 11.6. The molecule has 0 saturated heterocycles. The predicted octanol–water partition coefficient (Wildman–Crippen LogP) is 4.82. The van der Waals surface area contributed by atoms with Gasteiger partial charge in [-0.3, -0.25) is 0 Å². The van der Waals surface area contributed by atoms with E-state index in [1.807, 2.05) is 48.8 Å². The minimum absolute atomic E-state index is 0.0443. The van der Waals surface area contributed by atoms with Gasteiger partial charge in [0, 0.05) is 57.9 Å². The average molecular weight is 369 g/mol. The molecule has 28 heavy (non-hydrogen) atoms. The standard InChI is InChI=1S/C23H19N3O2/c24-14-3-1-13(2-4-14)23(19-11-25-21-9-15(27)5-7-17(19)21)20-12-26-22-10-16(28)6-8-18(20)22/h1-12,23,25-28H,24H2. The van der Waals surface area contributed by atoms with Crippen molar-refractivity contribution in [3.8, 4) is 11.5 Å². The van der Waals surface area contributed by atoms with Crippen LogP contribution in [0.5, 0.6) is 11.5 Å². The van der Waals surface area contributed by atoms with Crippen LogP contribution in [-0.2, 0) is 0 Å². The summed E-state index contributed by atoms with van der Waals surface area (Å²) in [7, 11) is 0. The number of nitrogens with two attached hydrogens (primary N) is 1. The van der Waals surface area contributed by atoms with Crippen molar-refractivity contribution in [2.45, 2.75) is 5.92 Å². The lowest BCUT2D eigenvalue weighted by Gasteiger charge is -2.17. The third-order valence-electron chi connectivity index (χ3n) is 5.29. The van der Waals surface area contributed by atoms with E-state index in [1.165, 1.54) is 0 Å². The van der Waals surface area contributed by atoms with Crippen LogP contribution in [-0.4, -0.2) is 20.2 Å². The Labute approximate surface area is 161 Å². The highest BCUT2D eigenvalue weighted by Crippen LogP contribution is 2.40. The number of aromatic hydroxyl groups is 2. The molecule has 0 bridgehead atoms. The molecule has 2 aromatic heterocycles. The van der Waals surface area contributed by atoms with Gasteiger partial charge >= 0.3 is 0 Å². The maximum atomic E-state index is 9.81. The number of rotatable bonds is 3. The van der Waals surface area contributed by atoms with Gasteiger partial charge in [-0.15, -0.1) is 0 Å². The molecule has 6 N–H and O–H groups in total. The number of fused-ring (bicyclic) bond motifs is 2. The molecule has 0 fully saturated rings. The first-order valence-electron chi connectivity index (χ1n) is 9.05. The van der Waals surface area contributed by atoms with Crippen molar-refractivity contribution in [1.82, 2.24) is 9.97 Å². The lowest BCUT2D eigenvalue weighted by molar-refractivity contribution is 0.475. The van der Waals surface area contributed by atoms with E-state index < -0.39 is 0 Å². The molecule has 0 aliphatic rings. The van der Waals surface area contributed by atoms with Gasteiger partial charge in [0.05, 0.1) is 0 Å². The van der Waals surface area contributed by atoms with Crippen LogP contribution in [0.25, 0.3) is 21.8 Å². The average Bonchev–Trinajstić information content (AvgIpc) is 3.28. The van der Waals surface area contributed by atoms with E-state index in [9.17, 15) is 10.2 Å². The number of phenolic OH excluding ortho intramolecular Hbond substituents is 2.